The van der Waals surface area contributed by atoms with Crippen LogP contribution in [0.5, 0.6) is 0 Å². The van der Waals surface area contributed by atoms with Crippen molar-refractivity contribution < 1.29 is 22.8 Å². The second-order valence-electron chi connectivity index (χ2n) is 7.44. The van der Waals surface area contributed by atoms with Gasteiger partial charge in [0.25, 0.3) is 5.91 Å². The summed E-state index contributed by atoms with van der Waals surface area (Å²) in [5, 5.41) is 0.956. The first-order valence-electron chi connectivity index (χ1n) is 9.17. The third-order valence-electron chi connectivity index (χ3n) is 5.92. The van der Waals surface area contributed by atoms with Crippen molar-refractivity contribution in [2.24, 2.45) is 0 Å². The fraction of sp³-hybridized carbons (Fsp3) is 0.238. The largest absolute Gasteiger partial charge is 0.418 e. The van der Waals surface area contributed by atoms with Crippen molar-refractivity contribution in [1.82, 2.24) is 9.88 Å². The van der Waals surface area contributed by atoms with E-state index in [0.29, 0.717) is 17.0 Å². The van der Waals surface area contributed by atoms with E-state index >= 15 is 0 Å². The predicted octanol–water partition coefficient (Wildman–Crippen LogP) is 4.43. The number of benzene rings is 2. The molecule has 0 saturated carbocycles. The first kappa shape index (κ1) is 17.8. The molecule has 1 atom stereocenters. The number of aromatic amines is 1. The number of H-pyrrole nitrogens is 1. The summed E-state index contributed by atoms with van der Waals surface area (Å²) in [6, 6.07) is 11.5. The molecular formula is C21H16F3N3O2. The van der Waals surface area contributed by atoms with Crippen LogP contribution >= 0.6 is 0 Å². The van der Waals surface area contributed by atoms with Gasteiger partial charge in [-0.2, -0.15) is 13.2 Å². The molecule has 0 unspecified atom stereocenters. The molecule has 3 heterocycles. The Morgan fingerprint density at radius 3 is 2.48 bits per heavy atom. The molecule has 0 aliphatic carbocycles. The summed E-state index contributed by atoms with van der Waals surface area (Å²) in [7, 11) is 0. The van der Waals surface area contributed by atoms with E-state index in [4.69, 9.17) is 0 Å². The van der Waals surface area contributed by atoms with Crippen LogP contribution in [0.3, 0.4) is 0 Å². The Bertz CT molecular complexity index is 1180. The molecule has 2 aliphatic heterocycles. The van der Waals surface area contributed by atoms with E-state index in [-0.39, 0.29) is 6.54 Å². The Labute approximate surface area is 163 Å². The van der Waals surface area contributed by atoms with Gasteiger partial charge in [-0.25, -0.2) is 9.69 Å². The van der Waals surface area contributed by atoms with Gasteiger partial charge >= 0.3 is 12.2 Å². The van der Waals surface area contributed by atoms with Crippen molar-refractivity contribution in [2.45, 2.75) is 25.1 Å². The Morgan fingerprint density at radius 2 is 1.72 bits per heavy atom. The third kappa shape index (κ3) is 2.22. The van der Waals surface area contributed by atoms with Crippen molar-refractivity contribution in [2.75, 3.05) is 11.4 Å². The Morgan fingerprint density at radius 1 is 1.03 bits per heavy atom. The van der Waals surface area contributed by atoms with Gasteiger partial charge in [-0.05, 0) is 37.1 Å². The van der Waals surface area contributed by atoms with Gasteiger partial charge in [0.15, 0.2) is 5.54 Å². The van der Waals surface area contributed by atoms with Gasteiger partial charge in [0.05, 0.1) is 16.9 Å². The number of aromatic nitrogens is 1. The number of hydrogen-bond acceptors (Lipinski definition) is 2. The highest BCUT2D eigenvalue weighted by Gasteiger charge is 2.59. The Kier molecular flexibility index (Phi) is 3.45. The number of rotatable bonds is 1. The van der Waals surface area contributed by atoms with Crippen molar-refractivity contribution in [3.8, 4) is 0 Å². The molecule has 29 heavy (non-hydrogen) atoms. The van der Waals surface area contributed by atoms with Crippen LogP contribution in [0.4, 0.5) is 23.7 Å². The van der Waals surface area contributed by atoms with Crippen molar-refractivity contribution in [1.29, 1.82) is 0 Å². The summed E-state index contributed by atoms with van der Waals surface area (Å²) in [5.74, 6) is -0.688. The van der Waals surface area contributed by atoms with E-state index in [1.54, 1.807) is 6.92 Å². The molecule has 3 amide bonds. The number of urea groups is 1. The first-order valence-corrected chi connectivity index (χ1v) is 9.17. The van der Waals surface area contributed by atoms with E-state index in [1.165, 1.54) is 17.0 Å². The standard InChI is InChI=1S/C21H16F3N3O2/c1-20-17-13(12-6-2-4-8-15(12)25-17)10-11-26(20)19(29)27(18(20)28)16-9-5-3-7-14(16)21(22,23)24/h2-9,25H,10-11H2,1H3/t20-/m0/s1. The van der Waals surface area contributed by atoms with Gasteiger partial charge in [-0.15, -0.1) is 0 Å². The molecule has 1 saturated heterocycles. The van der Waals surface area contributed by atoms with Gasteiger partial charge < -0.3 is 9.88 Å². The summed E-state index contributed by atoms with van der Waals surface area (Å²) < 4.78 is 40.6. The zero-order valence-electron chi connectivity index (χ0n) is 15.4. The van der Waals surface area contributed by atoms with E-state index < -0.39 is 34.9 Å². The van der Waals surface area contributed by atoms with Crippen LogP contribution in [-0.4, -0.2) is 28.4 Å². The van der Waals surface area contributed by atoms with Crippen molar-refractivity contribution in [3.05, 3.63) is 65.4 Å². The maximum Gasteiger partial charge on any atom is 0.418 e. The SMILES string of the molecule is C[C@]12C(=O)N(c3ccccc3C(F)(F)F)C(=O)N1CCc1c2[nH]c2ccccc12. The summed E-state index contributed by atoms with van der Waals surface area (Å²) >= 11 is 0. The minimum absolute atomic E-state index is 0.251. The fourth-order valence-corrected chi connectivity index (χ4v) is 4.51. The summed E-state index contributed by atoms with van der Waals surface area (Å²) in [6.45, 7) is 1.84. The number of fused-ring (bicyclic) bond motifs is 5. The minimum atomic E-state index is -4.69. The van der Waals surface area contributed by atoms with Crippen LogP contribution in [0.1, 0.15) is 23.7 Å². The summed E-state index contributed by atoms with van der Waals surface area (Å²) in [6.07, 6.45) is -4.17. The number of hydrogen-bond donors (Lipinski definition) is 1. The second kappa shape index (κ2) is 5.62. The Balaban J connectivity index is 1.70. The quantitative estimate of drug-likeness (QED) is 0.616. The number of nitrogens with zero attached hydrogens (tertiary/aromatic N) is 2. The molecule has 2 aliphatic rings. The van der Waals surface area contributed by atoms with Crippen LogP contribution < -0.4 is 4.90 Å². The van der Waals surface area contributed by atoms with Gasteiger partial charge in [-0.3, -0.25) is 4.79 Å². The predicted molar refractivity (Wildman–Crippen MR) is 100 cm³/mol. The highest BCUT2D eigenvalue weighted by Crippen LogP contribution is 2.47. The molecule has 5 rings (SSSR count). The molecule has 3 aromatic rings. The summed E-state index contributed by atoms with van der Waals surface area (Å²) in [5.41, 5.74) is -0.524. The van der Waals surface area contributed by atoms with E-state index in [9.17, 15) is 22.8 Å². The molecule has 0 spiro atoms. The van der Waals surface area contributed by atoms with Crippen LogP contribution in [0, 0.1) is 0 Å². The first-order chi connectivity index (χ1) is 13.7. The monoisotopic (exact) mass is 399 g/mol. The van der Waals surface area contributed by atoms with E-state index in [1.807, 2.05) is 24.3 Å². The van der Waals surface area contributed by atoms with Crippen LogP contribution in [0.25, 0.3) is 10.9 Å². The van der Waals surface area contributed by atoms with E-state index in [0.717, 1.165) is 28.6 Å². The molecule has 5 nitrogen and oxygen atoms in total. The maximum absolute atomic E-state index is 13.5. The smallest absolute Gasteiger partial charge is 0.356 e. The normalized spacial score (nSPS) is 21.7. The lowest BCUT2D eigenvalue weighted by Crippen LogP contribution is -2.49. The molecule has 1 fully saturated rings. The summed E-state index contributed by atoms with van der Waals surface area (Å²) in [4.78, 5) is 31.8. The zero-order chi connectivity index (χ0) is 20.6. The number of alkyl halides is 3. The van der Waals surface area contributed by atoms with Crippen LogP contribution in [0.15, 0.2) is 48.5 Å². The average molecular weight is 399 g/mol. The lowest BCUT2D eigenvalue weighted by molar-refractivity contribution is -0.137. The number of imide groups is 1. The van der Waals surface area contributed by atoms with Crippen molar-refractivity contribution >= 4 is 28.5 Å². The molecule has 0 radical (unpaired) electrons. The maximum atomic E-state index is 13.5. The van der Waals surface area contributed by atoms with Gasteiger partial charge in [0.1, 0.15) is 0 Å². The second-order valence-corrected chi connectivity index (χ2v) is 7.44. The topological polar surface area (TPSA) is 56.4 Å². The van der Waals surface area contributed by atoms with Gasteiger partial charge in [-0.1, -0.05) is 30.3 Å². The number of nitrogens with one attached hydrogen (secondary N) is 1. The third-order valence-corrected chi connectivity index (χ3v) is 5.92. The molecule has 2 aromatic carbocycles. The molecule has 0 bridgehead atoms. The lowest BCUT2D eigenvalue weighted by atomic mass is 9.87. The fourth-order valence-electron chi connectivity index (χ4n) is 4.51. The number of anilines is 1. The van der Waals surface area contributed by atoms with Crippen LogP contribution in [0.2, 0.25) is 0 Å². The number of carbonyl (C=O) groups excluding carboxylic acids is 2. The minimum Gasteiger partial charge on any atom is -0.356 e. The van der Waals surface area contributed by atoms with Gasteiger partial charge in [0, 0.05) is 17.4 Å². The highest BCUT2D eigenvalue weighted by atomic mass is 19.4. The number of halogens is 3. The van der Waals surface area contributed by atoms with Crippen LogP contribution in [-0.2, 0) is 22.9 Å². The molecular weight excluding hydrogens is 383 g/mol. The number of amides is 3. The molecule has 148 valence electrons. The van der Waals surface area contributed by atoms with Gasteiger partial charge in [0.2, 0.25) is 0 Å². The highest BCUT2D eigenvalue weighted by molar-refractivity contribution is 6.24. The number of carbonyl (C=O) groups is 2. The molecule has 1 N–H and O–H groups in total. The average Bonchev–Trinajstić information content (AvgIpc) is 3.16. The number of para-hydroxylation sites is 2. The Hall–Kier alpha value is -3.29. The van der Waals surface area contributed by atoms with Crippen molar-refractivity contribution in [3.63, 3.8) is 0 Å². The molecule has 1 aromatic heterocycles. The van der Waals surface area contributed by atoms with E-state index in [2.05, 4.69) is 4.98 Å². The zero-order valence-corrected chi connectivity index (χ0v) is 15.4. The lowest BCUT2D eigenvalue weighted by Gasteiger charge is -2.35. The molecule has 8 heteroatoms.